The third-order valence-electron chi connectivity index (χ3n) is 3.76. The topological polar surface area (TPSA) is 110 Å². The number of carbonyl (C=O) groups is 2. The van der Waals surface area contributed by atoms with E-state index in [0.29, 0.717) is 10.8 Å². The summed E-state index contributed by atoms with van der Waals surface area (Å²) in [7, 11) is 0. The normalized spacial score (nSPS) is 12.1. The molecule has 1 heterocycles. The van der Waals surface area contributed by atoms with Gasteiger partial charge < -0.3 is 25.2 Å². The zero-order valence-corrected chi connectivity index (χ0v) is 17.8. The van der Waals surface area contributed by atoms with E-state index in [4.69, 9.17) is 27.9 Å². The number of aromatic nitrogens is 1. The summed E-state index contributed by atoms with van der Waals surface area (Å²) in [5, 5.41) is 15.5. The van der Waals surface area contributed by atoms with E-state index in [1.165, 1.54) is 12.1 Å². The van der Waals surface area contributed by atoms with Crippen LogP contribution in [-0.2, 0) is 4.79 Å². The van der Waals surface area contributed by atoms with Crippen LogP contribution in [0.1, 0.15) is 16.9 Å². The third kappa shape index (κ3) is 9.16. The van der Waals surface area contributed by atoms with Crippen molar-refractivity contribution in [1.82, 2.24) is 15.6 Å². The second-order valence-corrected chi connectivity index (χ2v) is 7.11. The molecule has 0 aliphatic rings. The van der Waals surface area contributed by atoms with Crippen molar-refractivity contribution in [3.63, 3.8) is 0 Å². The van der Waals surface area contributed by atoms with Gasteiger partial charge in [-0.3, -0.25) is 9.59 Å². The molecule has 13 heteroatoms. The molecule has 0 saturated heterocycles. The van der Waals surface area contributed by atoms with Crippen LogP contribution in [0.25, 0.3) is 0 Å². The van der Waals surface area contributed by atoms with Crippen molar-refractivity contribution in [3.8, 4) is 11.5 Å². The summed E-state index contributed by atoms with van der Waals surface area (Å²) >= 11 is 11.6. The van der Waals surface area contributed by atoms with Gasteiger partial charge in [0.1, 0.15) is 17.2 Å². The summed E-state index contributed by atoms with van der Waals surface area (Å²) in [6.07, 6.45) is -4.94. The number of halogens is 5. The largest absolute Gasteiger partial charge is 0.573 e. The number of carbonyl (C=O) groups excluding carboxylic acids is 2. The lowest BCUT2D eigenvalue weighted by Gasteiger charge is -2.13. The van der Waals surface area contributed by atoms with Crippen LogP contribution in [0.3, 0.4) is 0 Å². The van der Waals surface area contributed by atoms with Gasteiger partial charge in [0.25, 0.3) is 11.8 Å². The highest BCUT2D eigenvalue weighted by atomic mass is 35.5. The Labute approximate surface area is 190 Å². The fourth-order valence-electron chi connectivity index (χ4n) is 2.25. The molecule has 0 aliphatic heterocycles. The molecule has 8 nitrogen and oxygen atoms in total. The van der Waals surface area contributed by atoms with Crippen LogP contribution in [-0.4, -0.2) is 54.1 Å². The van der Waals surface area contributed by atoms with E-state index in [-0.39, 0.29) is 36.8 Å². The van der Waals surface area contributed by atoms with Gasteiger partial charge in [-0.25, -0.2) is 4.98 Å². The van der Waals surface area contributed by atoms with E-state index in [1.54, 1.807) is 6.07 Å². The van der Waals surface area contributed by atoms with Crippen LogP contribution in [0.15, 0.2) is 36.5 Å². The zero-order valence-electron chi connectivity index (χ0n) is 16.3. The average molecular weight is 496 g/mol. The van der Waals surface area contributed by atoms with Gasteiger partial charge in [-0.1, -0.05) is 23.2 Å². The van der Waals surface area contributed by atoms with Crippen molar-refractivity contribution >= 4 is 35.0 Å². The Bertz CT molecular complexity index is 929. The number of hydrogen-bond donors (Lipinski definition) is 3. The Balaban J connectivity index is 1.65. The molecular weight excluding hydrogens is 478 g/mol. The maximum absolute atomic E-state index is 12.1. The maximum atomic E-state index is 12.1. The van der Waals surface area contributed by atoms with Gasteiger partial charge in [-0.15, -0.1) is 13.2 Å². The molecule has 3 N–H and O–H groups in total. The van der Waals surface area contributed by atoms with Crippen molar-refractivity contribution in [2.75, 3.05) is 19.7 Å². The van der Waals surface area contributed by atoms with Gasteiger partial charge in [0.05, 0.1) is 22.3 Å². The Kier molecular flexibility index (Phi) is 9.36. The Morgan fingerprint density at radius 3 is 2.44 bits per heavy atom. The minimum atomic E-state index is -4.85. The molecule has 1 aromatic heterocycles. The number of rotatable bonds is 10. The number of nitrogens with zero attached hydrogens (tertiary/aromatic N) is 1. The lowest BCUT2D eigenvalue weighted by atomic mass is 10.2. The summed E-state index contributed by atoms with van der Waals surface area (Å²) in [6, 6.07) is 6.56. The summed E-state index contributed by atoms with van der Waals surface area (Å²) in [4.78, 5) is 27.3. The van der Waals surface area contributed by atoms with Crippen LogP contribution >= 0.6 is 23.2 Å². The summed E-state index contributed by atoms with van der Waals surface area (Å²) in [6.45, 7) is -0.347. The van der Waals surface area contributed by atoms with Crippen molar-refractivity contribution in [1.29, 1.82) is 0 Å². The van der Waals surface area contributed by atoms with Gasteiger partial charge in [0, 0.05) is 19.2 Å². The Morgan fingerprint density at radius 1 is 1.09 bits per heavy atom. The van der Waals surface area contributed by atoms with E-state index in [1.807, 2.05) is 0 Å². The molecule has 174 valence electrons. The predicted octanol–water partition coefficient (Wildman–Crippen LogP) is 2.96. The molecule has 2 aromatic rings. The first kappa shape index (κ1) is 25.5. The monoisotopic (exact) mass is 495 g/mol. The fourth-order valence-corrected chi connectivity index (χ4v) is 2.54. The number of aliphatic hydroxyl groups is 1. The maximum Gasteiger partial charge on any atom is 0.573 e. The number of aliphatic hydroxyl groups excluding tert-OH is 1. The van der Waals surface area contributed by atoms with Crippen molar-refractivity contribution in [2.45, 2.75) is 18.9 Å². The molecule has 0 saturated carbocycles. The van der Waals surface area contributed by atoms with Gasteiger partial charge in [-0.05, 0) is 30.7 Å². The first-order valence-corrected chi connectivity index (χ1v) is 9.81. The SMILES string of the molecule is O=C(COc1ccc(Cl)c(Cl)c1)NC[C@@H](O)CCNC(=O)c1ccc(OC(F)(F)F)cn1. The molecule has 0 radical (unpaired) electrons. The predicted molar refractivity (Wildman–Crippen MR) is 109 cm³/mol. The molecule has 32 heavy (non-hydrogen) atoms. The van der Waals surface area contributed by atoms with Crippen LogP contribution in [0.5, 0.6) is 11.5 Å². The molecule has 1 aromatic carbocycles. The number of amides is 2. The minimum Gasteiger partial charge on any atom is -0.484 e. The first-order chi connectivity index (χ1) is 15.0. The first-order valence-electron chi connectivity index (χ1n) is 9.06. The van der Waals surface area contributed by atoms with E-state index in [2.05, 4.69) is 20.4 Å². The Hall–Kier alpha value is -2.76. The standard InChI is InChI=1S/C19H18Cl2F3N3O5/c20-14-3-1-12(7-15(14)21)31-10-17(29)27-8-11(28)5-6-25-18(30)16-4-2-13(9-26-16)32-19(22,23)24/h1-4,7,9,11,28H,5-6,8,10H2,(H,25,30)(H,27,29)/t11-/m0/s1. The van der Waals surface area contributed by atoms with Gasteiger partial charge >= 0.3 is 6.36 Å². The molecule has 1 atom stereocenters. The Morgan fingerprint density at radius 2 is 1.81 bits per heavy atom. The molecule has 0 aliphatic carbocycles. The lowest BCUT2D eigenvalue weighted by Crippen LogP contribution is -2.37. The van der Waals surface area contributed by atoms with Crippen molar-refractivity contribution in [2.24, 2.45) is 0 Å². The van der Waals surface area contributed by atoms with Crippen LogP contribution in [0.2, 0.25) is 10.0 Å². The molecule has 2 rings (SSSR count). The van der Waals surface area contributed by atoms with Crippen LogP contribution < -0.4 is 20.1 Å². The number of ether oxygens (including phenoxy) is 2. The van der Waals surface area contributed by atoms with Gasteiger partial charge in [-0.2, -0.15) is 0 Å². The minimum absolute atomic E-state index is 0.0398. The van der Waals surface area contributed by atoms with E-state index >= 15 is 0 Å². The molecule has 0 bridgehead atoms. The highest BCUT2D eigenvalue weighted by Crippen LogP contribution is 2.26. The van der Waals surface area contributed by atoms with Crippen LogP contribution in [0, 0.1) is 0 Å². The summed E-state index contributed by atoms with van der Waals surface area (Å²) < 4.78 is 45.3. The lowest BCUT2D eigenvalue weighted by molar-refractivity contribution is -0.274. The highest BCUT2D eigenvalue weighted by molar-refractivity contribution is 6.42. The second-order valence-electron chi connectivity index (χ2n) is 6.29. The zero-order chi connectivity index (χ0) is 23.7. The molecule has 2 amide bonds. The number of hydrogen-bond acceptors (Lipinski definition) is 6. The van der Waals surface area contributed by atoms with Gasteiger partial charge in [0.2, 0.25) is 0 Å². The number of benzene rings is 1. The fraction of sp³-hybridized carbons (Fsp3) is 0.316. The average Bonchev–Trinajstić information content (AvgIpc) is 2.72. The number of pyridine rings is 1. The second kappa shape index (κ2) is 11.7. The number of alkyl halides is 3. The van der Waals surface area contributed by atoms with Gasteiger partial charge in [0.15, 0.2) is 6.61 Å². The molecular formula is C19H18Cl2F3N3O5. The van der Waals surface area contributed by atoms with E-state index in [9.17, 15) is 27.9 Å². The number of nitrogens with one attached hydrogen (secondary N) is 2. The summed E-state index contributed by atoms with van der Waals surface area (Å²) in [5.74, 6) is -1.33. The van der Waals surface area contributed by atoms with Crippen LogP contribution in [0.4, 0.5) is 13.2 Å². The molecule has 0 spiro atoms. The molecule has 0 unspecified atom stereocenters. The van der Waals surface area contributed by atoms with Crippen molar-refractivity contribution in [3.05, 3.63) is 52.3 Å². The summed E-state index contributed by atoms with van der Waals surface area (Å²) in [5.41, 5.74) is -0.123. The smallest absolute Gasteiger partial charge is 0.484 e. The van der Waals surface area contributed by atoms with E-state index in [0.717, 1.165) is 18.3 Å². The van der Waals surface area contributed by atoms with Crippen molar-refractivity contribution < 1.29 is 37.3 Å². The van der Waals surface area contributed by atoms with E-state index < -0.39 is 30.0 Å². The quantitative estimate of drug-likeness (QED) is 0.467. The third-order valence-corrected chi connectivity index (χ3v) is 4.50. The molecule has 0 fully saturated rings. The highest BCUT2D eigenvalue weighted by Gasteiger charge is 2.31.